The van der Waals surface area contributed by atoms with E-state index < -0.39 is 5.92 Å². The van der Waals surface area contributed by atoms with Gasteiger partial charge in [0.25, 0.3) is 0 Å². The van der Waals surface area contributed by atoms with Crippen LogP contribution in [0.2, 0.25) is 0 Å². The molecule has 2 aromatic rings. The summed E-state index contributed by atoms with van der Waals surface area (Å²) in [4.78, 5) is 40.7. The highest BCUT2D eigenvalue weighted by Gasteiger charge is 2.35. The fourth-order valence-corrected chi connectivity index (χ4v) is 4.24. The first-order chi connectivity index (χ1) is 14.5. The quantitative estimate of drug-likeness (QED) is 0.797. The Morgan fingerprint density at radius 2 is 1.60 bits per heavy atom. The molecule has 0 radical (unpaired) electrons. The van der Waals surface area contributed by atoms with Gasteiger partial charge in [-0.2, -0.15) is 0 Å². The van der Waals surface area contributed by atoms with Crippen molar-refractivity contribution in [1.29, 1.82) is 0 Å². The lowest BCUT2D eigenvalue weighted by atomic mass is 9.96. The standard InChI is InChI=1S/C23H26N4O3/c24-22(29)16-10-12-26(13-11-16)20-9-5-4-8-19(20)25-23(30)17-14-21(28)27(15-17)18-6-2-1-3-7-18/h1-9,16-17H,10-15H2,(H2,24,29)(H,25,30). The highest BCUT2D eigenvalue weighted by atomic mass is 16.2. The van der Waals surface area contributed by atoms with Crippen molar-refractivity contribution < 1.29 is 14.4 Å². The Morgan fingerprint density at radius 3 is 2.30 bits per heavy atom. The molecule has 2 aromatic carbocycles. The molecule has 0 aliphatic carbocycles. The molecule has 2 heterocycles. The van der Waals surface area contributed by atoms with E-state index in [0.717, 1.165) is 17.1 Å². The number of piperidine rings is 1. The summed E-state index contributed by atoms with van der Waals surface area (Å²) >= 11 is 0. The number of nitrogens with two attached hydrogens (primary N) is 1. The zero-order valence-electron chi connectivity index (χ0n) is 16.8. The van der Waals surface area contributed by atoms with E-state index in [1.165, 1.54) is 0 Å². The molecule has 156 valence electrons. The number of nitrogens with zero attached hydrogens (tertiary/aromatic N) is 2. The number of carbonyl (C=O) groups is 3. The lowest BCUT2D eigenvalue weighted by molar-refractivity contribution is -0.122. The van der Waals surface area contributed by atoms with Gasteiger partial charge in [-0.05, 0) is 37.1 Å². The molecule has 7 nitrogen and oxygen atoms in total. The zero-order chi connectivity index (χ0) is 21.1. The average Bonchev–Trinajstić information content (AvgIpc) is 3.16. The van der Waals surface area contributed by atoms with Crippen molar-refractivity contribution in [3.05, 3.63) is 54.6 Å². The van der Waals surface area contributed by atoms with Crippen LogP contribution in [-0.2, 0) is 14.4 Å². The van der Waals surface area contributed by atoms with Crippen LogP contribution in [0, 0.1) is 11.8 Å². The summed E-state index contributed by atoms with van der Waals surface area (Å²) in [6, 6.07) is 17.1. The molecule has 2 saturated heterocycles. The van der Waals surface area contributed by atoms with Gasteiger partial charge < -0.3 is 20.9 Å². The van der Waals surface area contributed by atoms with Gasteiger partial charge in [-0.15, -0.1) is 0 Å². The number of benzene rings is 2. The summed E-state index contributed by atoms with van der Waals surface area (Å²) < 4.78 is 0. The van der Waals surface area contributed by atoms with E-state index in [2.05, 4.69) is 10.2 Å². The third-order valence-electron chi connectivity index (χ3n) is 5.96. The SMILES string of the molecule is NC(=O)C1CCN(c2ccccc2NC(=O)C2CC(=O)N(c3ccccc3)C2)CC1. The van der Waals surface area contributed by atoms with Crippen LogP contribution in [0.15, 0.2) is 54.6 Å². The van der Waals surface area contributed by atoms with E-state index in [-0.39, 0.29) is 30.1 Å². The molecular weight excluding hydrogens is 380 g/mol. The number of primary amides is 1. The Hall–Kier alpha value is -3.35. The Kier molecular flexibility index (Phi) is 5.70. The first kappa shape index (κ1) is 19.9. The second-order valence-electron chi connectivity index (χ2n) is 7.91. The molecule has 2 aliphatic heterocycles. The first-order valence-corrected chi connectivity index (χ1v) is 10.3. The van der Waals surface area contributed by atoms with Gasteiger partial charge in [-0.1, -0.05) is 30.3 Å². The van der Waals surface area contributed by atoms with Crippen LogP contribution in [0.3, 0.4) is 0 Å². The van der Waals surface area contributed by atoms with Crippen molar-refractivity contribution in [2.45, 2.75) is 19.3 Å². The second-order valence-corrected chi connectivity index (χ2v) is 7.91. The number of hydrogen-bond acceptors (Lipinski definition) is 4. The van der Waals surface area contributed by atoms with E-state index in [1.54, 1.807) is 4.90 Å². The number of para-hydroxylation sites is 3. The second kappa shape index (κ2) is 8.57. The van der Waals surface area contributed by atoms with Crippen LogP contribution in [0.1, 0.15) is 19.3 Å². The fraction of sp³-hybridized carbons (Fsp3) is 0.348. The zero-order valence-corrected chi connectivity index (χ0v) is 16.8. The number of carbonyl (C=O) groups excluding carboxylic acids is 3. The highest BCUT2D eigenvalue weighted by Crippen LogP contribution is 2.31. The van der Waals surface area contributed by atoms with Crippen LogP contribution in [-0.4, -0.2) is 37.4 Å². The van der Waals surface area contributed by atoms with E-state index >= 15 is 0 Å². The van der Waals surface area contributed by atoms with Crippen LogP contribution in [0.4, 0.5) is 17.1 Å². The molecule has 7 heteroatoms. The maximum atomic E-state index is 12.9. The normalized spacial score (nSPS) is 19.7. The van der Waals surface area contributed by atoms with Crippen LogP contribution >= 0.6 is 0 Å². The van der Waals surface area contributed by atoms with Crippen LogP contribution in [0.25, 0.3) is 0 Å². The highest BCUT2D eigenvalue weighted by molar-refractivity contribution is 6.04. The average molecular weight is 406 g/mol. The molecule has 3 amide bonds. The Labute approximate surface area is 175 Å². The van der Waals surface area contributed by atoms with Gasteiger partial charge in [0.1, 0.15) is 0 Å². The van der Waals surface area contributed by atoms with Gasteiger partial charge in [0.05, 0.1) is 17.3 Å². The van der Waals surface area contributed by atoms with Crippen molar-refractivity contribution in [3.63, 3.8) is 0 Å². The monoisotopic (exact) mass is 406 g/mol. The smallest absolute Gasteiger partial charge is 0.229 e. The number of anilines is 3. The minimum Gasteiger partial charge on any atom is -0.370 e. The first-order valence-electron chi connectivity index (χ1n) is 10.3. The Balaban J connectivity index is 1.43. The lowest BCUT2D eigenvalue weighted by Gasteiger charge is -2.33. The van der Waals surface area contributed by atoms with E-state index in [1.807, 2.05) is 54.6 Å². The van der Waals surface area contributed by atoms with Crippen molar-refractivity contribution in [2.24, 2.45) is 17.6 Å². The summed E-state index contributed by atoms with van der Waals surface area (Å²) in [6.07, 6.45) is 1.62. The number of amides is 3. The molecule has 2 fully saturated rings. The van der Waals surface area contributed by atoms with Crippen molar-refractivity contribution in [3.8, 4) is 0 Å². The molecule has 0 saturated carbocycles. The molecule has 0 spiro atoms. The summed E-state index contributed by atoms with van der Waals surface area (Å²) in [7, 11) is 0. The summed E-state index contributed by atoms with van der Waals surface area (Å²) in [5.74, 6) is -0.919. The molecule has 30 heavy (non-hydrogen) atoms. The van der Waals surface area contributed by atoms with E-state index in [0.29, 0.717) is 32.5 Å². The molecule has 2 aliphatic rings. The van der Waals surface area contributed by atoms with Crippen molar-refractivity contribution in [1.82, 2.24) is 0 Å². The topological polar surface area (TPSA) is 95.7 Å². The predicted molar refractivity (Wildman–Crippen MR) is 116 cm³/mol. The summed E-state index contributed by atoms with van der Waals surface area (Å²) in [5.41, 5.74) is 7.91. The van der Waals surface area contributed by atoms with Gasteiger partial charge in [0, 0.05) is 37.7 Å². The molecule has 0 aromatic heterocycles. The largest absolute Gasteiger partial charge is 0.370 e. The van der Waals surface area contributed by atoms with Crippen LogP contribution in [0.5, 0.6) is 0 Å². The third-order valence-corrected chi connectivity index (χ3v) is 5.96. The van der Waals surface area contributed by atoms with Crippen molar-refractivity contribution >= 4 is 34.8 Å². The minimum absolute atomic E-state index is 0.0387. The van der Waals surface area contributed by atoms with Gasteiger partial charge in [0.15, 0.2) is 0 Å². The Bertz CT molecular complexity index is 938. The predicted octanol–water partition coefficient (Wildman–Crippen LogP) is 2.38. The lowest BCUT2D eigenvalue weighted by Crippen LogP contribution is -2.39. The van der Waals surface area contributed by atoms with Gasteiger partial charge in [-0.25, -0.2) is 0 Å². The van der Waals surface area contributed by atoms with E-state index in [9.17, 15) is 14.4 Å². The molecule has 1 atom stereocenters. The maximum Gasteiger partial charge on any atom is 0.229 e. The van der Waals surface area contributed by atoms with Crippen LogP contribution < -0.4 is 20.9 Å². The minimum atomic E-state index is -0.397. The van der Waals surface area contributed by atoms with Gasteiger partial charge in [0.2, 0.25) is 17.7 Å². The van der Waals surface area contributed by atoms with Gasteiger partial charge >= 0.3 is 0 Å². The molecule has 0 bridgehead atoms. The number of nitrogens with one attached hydrogen (secondary N) is 1. The maximum absolute atomic E-state index is 12.9. The van der Waals surface area contributed by atoms with Gasteiger partial charge in [-0.3, -0.25) is 14.4 Å². The summed E-state index contributed by atoms with van der Waals surface area (Å²) in [6.45, 7) is 1.80. The molecule has 3 N–H and O–H groups in total. The fourth-order valence-electron chi connectivity index (χ4n) is 4.24. The van der Waals surface area contributed by atoms with E-state index in [4.69, 9.17) is 5.73 Å². The Morgan fingerprint density at radius 1 is 0.933 bits per heavy atom. The number of rotatable bonds is 5. The molecular formula is C23H26N4O3. The summed E-state index contributed by atoms with van der Waals surface area (Å²) in [5, 5.41) is 3.03. The van der Waals surface area contributed by atoms with Crippen molar-refractivity contribution in [2.75, 3.05) is 34.8 Å². The molecule has 1 unspecified atom stereocenters. The number of hydrogen-bond donors (Lipinski definition) is 2. The third kappa shape index (κ3) is 4.15. The molecule has 4 rings (SSSR count).